The molecule has 0 unspecified atom stereocenters. The van der Waals surface area contributed by atoms with Gasteiger partial charge in [0.15, 0.2) is 0 Å². The lowest BCUT2D eigenvalue weighted by Crippen LogP contribution is -2.49. The predicted octanol–water partition coefficient (Wildman–Crippen LogP) is 2.48. The van der Waals surface area contributed by atoms with Crippen molar-refractivity contribution in [1.82, 2.24) is 9.47 Å². The van der Waals surface area contributed by atoms with Crippen molar-refractivity contribution in [1.29, 1.82) is 0 Å². The van der Waals surface area contributed by atoms with Crippen molar-refractivity contribution < 1.29 is 14.7 Å². The van der Waals surface area contributed by atoms with E-state index < -0.39 is 12.0 Å². The lowest BCUT2D eigenvalue weighted by atomic mass is 9.93. The summed E-state index contributed by atoms with van der Waals surface area (Å²) in [5.41, 5.74) is 2.05. The van der Waals surface area contributed by atoms with Gasteiger partial charge in [-0.05, 0) is 30.2 Å². The first-order valence-electron chi connectivity index (χ1n) is 7.78. The topological polar surface area (TPSA) is 62.5 Å². The molecule has 2 aromatic rings. The smallest absolute Gasteiger partial charge is 0.326 e. The average molecular weight is 312 g/mol. The van der Waals surface area contributed by atoms with Crippen molar-refractivity contribution in [2.45, 2.75) is 38.4 Å². The minimum Gasteiger partial charge on any atom is -0.480 e. The number of nitrogens with zero attached hydrogens (tertiary/aromatic N) is 2. The first-order chi connectivity index (χ1) is 11.1. The highest BCUT2D eigenvalue weighted by molar-refractivity contribution is 5.84. The molecule has 1 aromatic heterocycles. The molecule has 120 valence electrons. The molecule has 2 heterocycles. The average Bonchev–Trinajstić information content (AvgIpc) is 3.08. The van der Waals surface area contributed by atoms with Gasteiger partial charge in [0.05, 0.1) is 0 Å². The zero-order valence-corrected chi connectivity index (χ0v) is 13.1. The van der Waals surface area contributed by atoms with Crippen LogP contribution >= 0.6 is 0 Å². The quantitative estimate of drug-likeness (QED) is 0.943. The summed E-state index contributed by atoms with van der Waals surface area (Å²) in [6.07, 6.45) is 4.49. The molecular weight excluding hydrogens is 292 g/mol. The van der Waals surface area contributed by atoms with Crippen molar-refractivity contribution in [3.05, 3.63) is 59.9 Å². The van der Waals surface area contributed by atoms with E-state index in [1.165, 1.54) is 4.90 Å². The lowest BCUT2D eigenvalue weighted by molar-refractivity contribution is -0.151. The number of carboxylic acid groups (broad SMARTS) is 1. The van der Waals surface area contributed by atoms with Gasteiger partial charge < -0.3 is 14.6 Å². The Kier molecular flexibility index (Phi) is 4.19. The fourth-order valence-corrected chi connectivity index (χ4v) is 3.12. The number of carboxylic acids is 1. The third-order valence-electron chi connectivity index (χ3n) is 4.46. The van der Waals surface area contributed by atoms with Crippen LogP contribution in [0.25, 0.3) is 0 Å². The Hall–Kier alpha value is -2.56. The molecule has 0 bridgehead atoms. The fraction of sp³-hybridized carbons (Fsp3) is 0.333. The molecule has 0 spiro atoms. The summed E-state index contributed by atoms with van der Waals surface area (Å²) in [5.74, 6) is -1.06. The van der Waals surface area contributed by atoms with Crippen molar-refractivity contribution in [2.75, 3.05) is 0 Å². The van der Waals surface area contributed by atoms with Crippen molar-refractivity contribution in [3.8, 4) is 0 Å². The minimum atomic E-state index is -0.943. The van der Waals surface area contributed by atoms with Gasteiger partial charge >= 0.3 is 5.97 Å². The Morgan fingerprint density at radius 2 is 1.83 bits per heavy atom. The maximum absolute atomic E-state index is 12.7. The van der Waals surface area contributed by atoms with Gasteiger partial charge in [-0.2, -0.15) is 0 Å². The minimum absolute atomic E-state index is 0.00381. The third-order valence-corrected chi connectivity index (χ3v) is 4.46. The van der Waals surface area contributed by atoms with Crippen LogP contribution in [0.2, 0.25) is 0 Å². The Balaban J connectivity index is 1.79. The van der Waals surface area contributed by atoms with Gasteiger partial charge in [-0.3, -0.25) is 4.79 Å². The fourth-order valence-electron chi connectivity index (χ4n) is 3.12. The monoisotopic (exact) mass is 312 g/mol. The van der Waals surface area contributed by atoms with Crippen LogP contribution in [0, 0.1) is 0 Å². The van der Waals surface area contributed by atoms with Crippen LogP contribution in [0.15, 0.2) is 48.8 Å². The van der Waals surface area contributed by atoms with Gasteiger partial charge in [-0.1, -0.05) is 24.3 Å². The Bertz CT molecular complexity index is 709. The summed E-state index contributed by atoms with van der Waals surface area (Å²) < 4.78 is 1.96. The summed E-state index contributed by atoms with van der Waals surface area (Å²) in [6.45, 7) is 2.33. The van der Waals surface area contributed by atoms with E-state index in [0.29, 0.717) is 19.4 Å². The Morgan fingerprint density at radius 1 is 1.17 bits per heavy atom. The highest BCUT2D eigenvalue weighted by Crippen LogP contribution is 2.25. The van der Waals surface area contributed by atoms with E-state index in [1.807, 2.05) is 60.3 Å². The number of benzene rings is 1. The van der Waals surface area contributed by atoms with Gasteiger partial charge in [-0.25, -0.2) is 4.79 Å². The number of carbonyl (C=O) groups excluding carboxylic acids is 1. The van der Waals surface area contributed by atoms with E-state index in [4.69, 9.17) is 0 Å². The number of fused-ring (bicyclic) bond motifs is 1. The lowest BCUT2D eigenvalue weighted by Gasteiger charge is -2.35. The van der Waals surface area contributed by atoms with Gasteiger partial charge in [0, 0.05) is 37.8 Å². The summed E-state index contributed by atoms with van der Waals surface area (Å²) in [5, 5.41) is 9.50. The highest BCUT2D eigenvalue weighted by atomic mass is 16.4. The number of amides is 1. The van der Waals surface area contributed by atoms with Crippen LogP contribution in [0.5, 0.6) is 0 Å². The van der Waals surface area contributed by atoms with Gasteiger partial charge in [-0.15, -0.1) is 0 Å². The maximum Gasteiger partial charge on any atom is 0.326 e. The molecule has 23 heavy (non-hydrogen) atoms. The zero-order valence-electron chi connectivity index (χ0n) is 13.1. The van der Waals surface area contributed by atoms with E-state index >= 15 is 0 Å². The van der Waals surface area contributed by atoms with E-state index in [-0.39, 0.29) is 11.9 Å². The largest absolute Gasteiger partial charge is 0.480 e. The number of hydrogen-bond acceptors (Lipinski definition) is 2. The highest BCUT2D eigenvalue weighted by Gasteiger charge is 2.34. The second kappa shape index (κ2) is 6.28. The molecular formula is C18H20N2O3. The standard InChI is InChI=1S/C18H20N2O3/c1-13(19-8-4-5-9-19)10-17(21)20-12-15-7-3-2-6-14(15)11-16(20)18(22)23/h2-9,13,16H,10-12H2,1H3,(H,22,23)/t13-,16-/m1/s1. The van der Waals surface area contributed by atoms with E-state index in [0.717, 1.165) is 11.1 Å². The van der Waals surface area contributed by atoms with Crippen LogP contribution in [0.4, 0.5) is 0 Å². The van der Waals surface area contributed by atoms with Gasteiger partial charge in [0.2, 0.25) is 5.91 Å². The van der Waals surface area contributed by atoms with Crippen LogP contribution in [0.3, 0.4) is 0 Å². The first-order valence-corrected chi connectivity index (χ1v) is 7.78. The van der Waals surface area contributed by atoms with Crippen LogP contribution < -0.4 is 0 Å². The molecule has 2 atom stereocenters. The number of aromatic nitrogens is 1. The molecule has 3 rings (SSSR count). The predicted molar refractivity (Wildman–Crippen MR) is 85.9 cm³/mol. The summed E-state index contributed by atoms with van der Waals surface area (Å²) in [6, 6.07) is 10.8. The molecule has 1 aromatic carbocycles. The van der Waals surface area contributed by atoms with Gasteiger partial charge in [0.1, 0.15) is 6.04 Å². The SMILES string of the molecule is C[C@H](CC(=O)N1Cc2ccccc2C[C@@H]1C(=O)O)n1cccc1. The molecule has 0 aliphatic carbocycles. The van der Waals surface area contributed by atoms with E-state index in [9.17, 15) is 14.7 Å². The van der Waals surface area contributed by atoms with Crippen LogP contribution in [-0.4, -0.2) is 32.5 Å². The normalized spacial score (nSPS) is 18.3. The second-order valence-corrected chi connectivity index (χ2v) is 6.03. The second-order valence-electron chi connectivity index (χ2n) is 6.03. The number of carbonyl (C=O) groups is 2. The molecule has 1 aliphatic rings. The number of hydrogen-bond donors (Lipinski definition) is 1. The Labute approximate surface area is 135 Å². The number of aliphatic carboxylic acids is 1. The molecule has 5 heteroatoms. The van der Waals surface area contributed by atoms with Crippen LogP contribution in [0.1, 0.15) is 30.5 Å². The van der Waals surface area contributed by atoms with Crippen molar-refractivity contribution in [3.63, 3.8) is 0 Å². The van der Waals surface area contributed by atoms with E-state index in [1.54, 1.807) is 0 Å². The molecule has 0 saturated carbocycles. The zero-order chi connectivity index (χ0) is 16.4. The summed E-state index contributed by atoms with van der Waals surface area (Å²) >= 11 is 0. The van der Waals surface area contributed by atoms with Crippen molar-refractivity contribution in [2.24, 2.45) is 0 Å². The van der Waals surface area contributed by atoms with Crippen LogP contribution in [-0.2, 0) is 22.6 Å². The van der Waals surface area contributed by atoms with Gasteiger partial charge in [0.25, 0.3) is 0 Å². The maximum atomic E-state index is 12.7. The summed E-state index contributed by atoms with van der Waals surface area (Å²) in [7, 11) is 0. The number of rotatable bonds is 4. The molecule has 1 aliphatic heterocycles. The first kappa shape index (κ1) is 15.3. The van der Waals surface area contributed by atoms with Crippen molar-refractivity contribution >= 4 is 11.9 Å². The molecule has 1 amide bonds. The third kappa shape index (κ3) is 3.13. The van der Waals surface area contributed by atoms with E-state index in [2.05, 4.69) is 0 Å². The molecule has 0 radical (unpaired) electrons. The molecule has 1 N–H and O–H groups in total. The summed E-state index contributed by atoms with van der Waals surface area (Å²) in [4.78, 5) is 25.8. The Morgan fingerprint density at radius 3 is 2.48 bits per heavy atom. The molecule has 5 nitrogen and oxygen atoms in total. The molecule has 0 saturated heterocycles. The molecule has 0 fully saturated rings.